The Morgan fingerprint density at radius 3 is 2.45 bits per heavy atom. The average Bonchev–Trinajstić information content (AvgIpc) is 3.03. The first-order chi connectivity index (χ1) is 15.6. The largest absolute Gasteiger partial charge is 0.438 e. The van der Waals surface area contributed by atoms with E-state index < -0.39 is 23.6 Å². The number of carbonyl (C=O) groups is 2. The van der Waals surface area contributed by atoms with Crippen LogP contribution in [0.1, 0.15) is 36.0 Å². The Balaban J connectivity index is 1.80. The van der Waals surface area contributed by atoms with Gasteiger partial charge < -0.3 is 21.1 Å². The molecular formula is C24H30N6O3. The van der Waals surface area contributed by atoms with E-state index in [0.717, 1.165) is 0 Å². The van der Waals surface area contributed by atoms with Gasteiger partial charge in [0.15, 0.2) is 6.10 Å². The van der Waals surface area contributed by atoms with Gasteiger partial charge in [0.05, 0.1) is 17.8 Å². The van der Waals surface area contributed by atoms with Crippen LogP contribution in [0, 0.1) is 0 Å². The lowest BCUT2D eigenvalue weighted by molar-refractivity contribution is 0.0367. The summed E-state index contributed by atoms with van der Waals surface area (Å²) in [7, 11) is 3.78. The fraction of sp³-hybridized carbons (Fsp3) is 0.333. The number of hydrogen-bond donors (Lipinski definition) is 2. The summed E-state index contributed by atoms with van der Waals surface area (Å²) >= 11 is 0. The van der Waals surface area contributed by atoms with E-state index in [1.165, 1.54) is 4.90 Å². The van der Waals surface area contributed by atoms with E-state index in [1.807, 2.05) is 37.2 Å². The van der Waals surface area contributed by atoms with Gasteiger partial charge in [0.2, 0.25) is 0 Å². The maximum Gasteiger partial charge on any atom is 0.411 e. The van der Waals surface area contributed by atoms with Gasteiger partial charge in [-0.2, -0.15) is 4.99 Å². The number of ether oxygens (including phenoxy) is 1. The topological polar surface area (TPSA) is 127 Å². The molecule has 3 rings (SSSR count). The lowest BCUT2D eigenvalue weighted by Crippen LogP contribution is -2.47. The second-order valence-corrected chi connectivity index (χ2v) is 8.59. The van der Waals surface area contributed by atoms with E-state index in [-0.39, 0.29) is 12.4 Å². The monoisotopic (exact) mass is 450 g/mol. The molecule has 0 fully saturated rings. The van der Waals surface area contributed by atoms with Gasteiger partial charge in [-0.15, -0.1) is 0 Å². The number of aliphatic imine (C=N–C) groups is 1. The summed E-state index contributed by atoms with van der Waals surface area (Å²) in [5.41, 5.74) is 13.5. The van der Waals surface area contributed by atoms with Crippen molar-refractivity contribution >= 4 is 17.8 Å². The summed E-state index contributed by atoms with van der Waals surface area (Å²) in [6, 6.07) is 14.1. The minimum atomic E-state index is -0.880. The molecule has 0 spiro atoms. The molecule has 1 aliphatic heterocycles. The molecule has 33 heavy (non-hydrogen) atoms. The Morgan fingerprint density at radius 1 is 1.18 bits per heavy atom. The Morgan fingerprint density at radius 2 is 1.85 bits per heavy atom. The van der Waals surface area contributed by atoms with Crippen molar-refractivity contribution in [1.82, 2.24) is 14.8 Å². The van der Waals surface area contributed by atoms with Crippen molar-refractivity contribution in [2.75, 3.05) is 27.2 Å². The molecule has 9 heteroatoms. The SMILES string of the molecule is CN(C)C[C@@H](OC(=O)N1CC(C(N)=NC(=O)c2ccccc2)=C(N)C1(C)C)c1ccccn1. The molecule has 0 unspecified atom stereocenters. The number of nitrogens with two attached hydrogens (primary N) is 2. The molecule has 0 saturated heterocycles. The van der Waals surface area contributed by atoms with Crippen molar-refractivity contribution in [2.24, 2.45) is 16.5 Å². The molecule has 2 aromatic rings. The highest BCUT2D eigenvalue weighted by atomic mass is 16.6. The first kappa shape index (κ1) is 23.9. The molecule has 2 heterocycles. The van der Waals surface area contributed by atoms with E-state index in [4.69, 9.17) is 16.2 Å². The van der Waals surface area contributed by atoms with Crippen LogP contribution in [-0.2, 0) is 4.74 Å². The minimum Gasteiger partial charge on any atom is -0.438 e. The number of benzene rings is 1. The van der Waals surface area contributed by atoms with Crippen LogP contribution in [0.3, 0.4) is 0 Å². The van der Waals surface area contributed by atoms with Crippen LogP contribution >= 0.6 is 0 Å². The molecule has 0 bridgehead atoms. The van der Waals surface area contributed by atoms with Crippen LogP contribution < -0.4 is 11.5 Å². The molecule has 1 atom stereocenters. The number of pyridine rings is 1. The highest BCUT2D eigenvalue weighted by molar-refractivity contribution is 6.09. The molecule has 0 saturated carbocycles. The van der Waals surface area contributed by atoms with Crippen molar-refractivity contribution in [3.63, 3.8) is 0 Å². The number of amidine groups is 1. The van der Waals surface area contributed by atoms with Crippen LogP contribution in [0.2, 0.25) is 0 Å². The summed E-state index contributed by atoms with van der Waals surface area (Å²) in [5.74, 6) is -0.493. The molecule has 0 aliphatic carbocycles. The molecule has 174 valence electrons. The zero-order valence-corrected chi connectivity index (χ0v) is 19.4. The van der Waals surface area contributed by atoms with Gasteiger partial charge in [0.25, 0.3) is 5.91 Å². The third-order valence-electron chi connectivity index (χ3n) is 5.54. The zero-order chi connectivity index (χ0) is 24.2. The highest BCUT2D eigenvalue weighted by Crippen LogP contribution is 2.33. The van der Waals surface area contributed by atoms with Gasteiger partial charge in [-0.05, 0) is 52.2 Å². The fourth-order valence-corrected chi connectivity index (χ4v) is 3.56. The van der Waals surface area contributed by atoms with E-state index >= 15 is 0 Å². The average molecular weight is 451 g/mol. The van der Waals surface area contributed by atoms with Gasteiger partial charge in [-0.25, -0.2) is 4.79 Å². The first-order valence-corrected chi connectivity index (χ1v) is 10.6. The van der Waals surface area contributed by atoms with Crippen molar-refractivity contribution in [1.29, 1.82) is 0 Å². The van der Waals surface area contributed by atoms with Crippen LogP contribution in [0.15, 0.2) is 71.0 Å². The van der Waals surface area contributed by atoms with Gasteiger partial charge in [0, 0.05) is 29.6 Å². The van der Waals surface area contributed by atoms with Crippen LogP contribution in [-0.4, -0.2) is 65.3 Å². The van der Waals surface area contributed by atoms with Gasteiger partial charge in [0.1, 0.15) is 5.84 Å². The number of aromatic nitrogens is 1. The number of rotatable bonds is 6. The van der Waals surface area contributed by atoms with Crippen molar-refractivity contribution in [3.05, 3.63) is 77.3 Å². The number of nitrogens with zero attached hydrogens (tertiary/aromatic N) is 4. The summed E-state index contributed by atoms with van der Waals surface area (Å²) in [5, 5.41) is 0. The third kappa shape index (κ3) is 5.38. The predicted molar refractivity (Wildman–Crippen MR) is 126 cm³/mol. The van der Waals surface area contributed by atoms with Crippen molar-refractivity contribution < 1.29 is 14.3 Å². The summed E-state index contributed by atoms with van der Waals surface area (Å²) < 4.78 is 5.85. The zero-order valence-electron chi connectivity index (χ0n) is 19.4. The smallest absolute Gasteiger partial charge is 0.411 e. The second kappa shape index (κ2) is 9.83. The number of likely N-dealkylation sites (N-methyl/N-ethyl adjacent to an activating group) is 1. The van der Waals surface area contributed by atoms with Crippen LogP contribution in [0.25, 0.3) is 0 Å². The third-order valence-corrected chi connectivity index (χ3v) is 5.54. The van der Waals surface area contributed by atoms with Gasteiger partial charge >= 0.3 is 6.09 Å². The quantitative estimate of drug-likeness (QED) is 0.511. The standard InChI is InChI=1S/C24H30N6O3/c1-24(2)20(25)17(21(26)28-22(31)16-10-6-5-7-11-16)14-30(24)23(32)33-19(15-29(3)4)18-12-8-9-13-27-18/h5-13,19H,14-15,25H2,1-4H3,(H2,26,28,31)/t19-/m1/s1. The maximum absolute atomic E-state index is 13.2. The summed E-state index contributed by atoms with van der Waals surface area (Å²) in [6.07, 6.45) is 0.530. The number of hydrogen-bond acceptors (Lipinski definition) is 6. The Kier molecular flexibility index (Phi) is 7.13. The van der Waals surface area contributed by atoms with Crippen molar-refractivity contribution in [2.45, 2.75) is 25.5 Å². The Labute approximate surface area is 193 Å². The first-order valence-electron chi connectivity index (χ1n) is 10.6. The predicted octanol–water partition coefficient (Wildman–Crippen LogP) is 2.33. The Bertz CT molecular complexity index is 1060. The molecular weight excluding hydrogens is 420 g/mol. The Hall–Kier alpha value is -3.72. The fourth-order valence-electron chi connectivity index (χ4n) is 3.56. The molecule has 2 amide bonds. The molecule has 1 aromatic carbocycles. The van der Waals surface area contributed by atoms with E-state index in [1.54, 1.807) is 50.4 Å². The molecule has 4 N–H and O–H groups in total. The summed E-state index contributed by atoms with van der Waals surface area (Å²) in [4.78, 5) is 37.4. The van der Waals surface area contributed by atoms with Gasteiger partial charge in [-0.3, -0.25) is 14.7 Å². The van der Waals surface area contributed by atoms with Crippen LogP contribution in [0.5, 0.6) is 0 Å². The van der Waals surface area contributed by atoms with Crippen LogP contribution in [0.4, 0.5) is 4.79 Å². The lowest BCUT2D eigenvalue weighted by Gasteiger charge is -2.33. The summed E-state index contributed by atoms with van der Waals surface area (Å²) in [6.45, 7) is 4.13. The lowest BCUT2D eigenvalue weighted by atomic mass is 10.0. The number of amides is 2. The second-order valence-electron chi connectivity index (χ2n) is 8.59. The molecule has 1 aromatic heterocycles. The van der Waals surface area contributed by atoms with E-state index in [0.29, 0.717) is 29.1 Å². The van der Waals surface area contributed by atoms with Gasteiger partial charge in [-0.1, -0.05) is 24.3 Å². The molecule has 0 radical (unpaired) electrons. The maximum atomic E-state index is 13.2. The van der Waals surface area contributed by atoms with E-state index in [9.17, 15) is 9.59 Å². The van der Waals surface area contributed by atoms with Crippen molar-refractivity contribution in [3.8, 4) is 0 Å². The van der Waals surface area contributed by atoms with E-state index in [2.05, 4.69) is 9.98 Å². The molecule has 1 aliphatic rings. The normalized spacial score (nSPS) is 16.8. The molecule has 9 nitrogen and oxygen atoms in total. The minimum absolute atomic E-state index is 0.0145. The number of carbonyl (C=O) groups excluding carboxylic acids is 2. The highest BCUT2D eigenvalue weighted by Gasteiger charge is 2.44.